The Labute approximate surface area is 77.1 Å². The molecule has 0 amide bonds. The minimum Gasteiger partial charge on any atom is -0.383 e. The number of aliphatic imine (C=N–C) groups is 1. The maximum atomic E-state index is 5.72. The summed E-state index contributed by atoms with van der Waals surface area (Å²) >= 11 is 1.68. The second-order valence-corrected chi connectivity index (χ2v) is 3.56. The van der Waals surface area contributed by atoms with Gasteiger partial charge in [-0.3, -0.25) is 4.99 Å². The number of rotatable bonds is 2. The zero-order valence-electron chi connectivity index (χ0n) is 7.72. The molecular formula is C9H14N2S. The van der Waals surface area contributed by atoms with Crippen molar-refractivity contribution in [2.24, 2.45) is 10.7 Å². The Morgan fingerprint density at radius 2 is 2.33 bits per heavy atom. The van der Waals surface area contributed by atoms with Crippen molar-refractivity contribution >= 4 is 17.2 Å². The second-order valence-electron chi connectivity index (χ2n) is 2.68. The molecule has 0 spiro atoms. The third-order valence-electron chi connectivity index (χ3n) is 2.00. The molecule has 0 atom stereocenters. The molecule has 1 rings (SSSR count). The van der Waals surface area contributed by atoms with Crippen LogP contribution in [0.3, 0.4) is 0 Å². The minimum atomic E-state index is 0.650. The maximum Gasteiger partial charge on any atom is 0.135 e. The van der Waals surface area contributed by atoms with Gasteiger partial charge in [-0.2, -0.15) is 0 Å². The molecule has 1 aromatic rings. The summed E-state index contributed by atoms with van der Waals surface area (Å²) in [5.74, 6) is 0.650. The van der Waals surface area contributed by atoms with Gasteiger partial charge in [0.15, 0.2) is 0 Å². The Kier molecular flexibility index (Phi) is 2.87. The van der Waals surface area contributed by atoms with Crippen molar-refractivity contribution in [3.8, 4) is 0 Å². The number of nitrogens with two attached hydrogens (primary N) is 1. The average molecular weight is 182 g/mol. The van der Waals surface area contributed by atoms with E-state index in [0.29, 0.717) is 5.84 Å². The van der Waals surface area contributed by atoms with Crippen LogP contribution in [-0.2, 0) is 6.42 Å². The third kappa shape index (κ3) is 1.50. The molecule has 0 aliphatic carbocycles. The van der Waals surface area contributed by atoms with Crippen LogP contribution < -0.4 is 5.73 Å². The van der Waals surface area contributed by atoms with Crippen molar-refractivity contribution in [3.05, 3.63) is 21.4 Å². The van der Waals surface area contributed by atoms with Gasteiger partial charge in [0.1, 0.15) is 5.84 Å². The van der Waals surface area contributed by atoms with Crippen molar-refractivity contribution in [2.45, 2.75) is 20.3 Å². The molecule has 0 bridgehead atoms. The fraction of sp³-hybridized carbons (Fsp3) is 0.444. The van der Waals surface area contributed by atoms with Crippen molar-refractivity contribution in [1.29, 1.82) is 0 Å². The first-order valence-electron chi connectivity index (χ1n) is 4.00. The lowest BCUT2D eigenvalue weighted by Gasteiger charge is -1.98. The maximum absolute atomic E-state index is 5.72. The zero-order chi connectivity index (χ0) is 9.14. The Morgan fingerprint density at radius 3 is 2.75 bits per heavy atom. The number of hydrogen-bond donors (Lipinski definition) is 1. The van der Waals surface area contributed by atoms with Gasteiger partial charge in [0, 0.05) is 7.05 Å². The van der Waals surface area contributed by atoms with Crippen molar-refractivity contribution in [2.75, 3.05) is 7.05 Å². The molecular weight excluding hydrogens is 168 g/mol. The van der Waals surface area contributed by atoms with E-state index in [1.54, 1.807) is 18.4 Å². The summed E-state index contributed by atoms with van der Waals surface area (Å²) in [5.41, 5.74) is 8.38. The third-order valence-corrected chi connectivity index (χ3v) is 3.15. The fourth-order valence-corrected chi connectivity index (χ4v) is 2.28. The normalized spacial score (nSPS) is 12.1. The molecule has 0 fully saturated rings. The predicted molar refractivity (Wildman–Crippen MR) is 55.1 cm³/mol. The summed E-state index contributed by atoms with van der Waals surface area (Å²) in [4.78, 5) is 5.09. The van der Waals surface area contributed by atoms with Gasteiger partial charge in [-0.25, -0.2) is 0 Å². The number of aryl methyl sites for hydroxylation is 1. The smallest absolute Gasteiger partial charge is 0.135 e. The first kappa shape index (κ1) is 9.26. The Morgan fingerprint density at radius 1 is 1.67 bits per heavy atom. The lowest BCUT2D eigenvalue weighted by atomic mass is 10.1. The molecule has 0 aliphatic rings. The van der Waals surface area contributed by atoms with Crippen LogP contribution in [0.1, 0.15) is 22.9 Å². The number of thiophene rings is 1. The fourth-order valence-electron chi connectivity index (χ4n) is 1.16. The highest BCUT2D eigenvalue weighted by atomic mass is 32.1. The van der Waals surface area contributed by atoms with E-state index < -0.39 is 0 Å². The average Bonchev–Trinajstić information content (AvgIpc) is 2.45. The summed E-state index contributed by atoms with van der Waals surface area (Å²) in [7, 11) is 1.72. The predicted octanol–water partition coefficient (Wildman–Crippen LogP) is 1.95. The number of hydrogen-bond acceptors (Lipinski definition) is 2. The van der Waals surface area contributed by atoms with E-state index in [-0.39, 0.29) is 0 Å². The van der Waals surface area contributed by atoms with Gasteiger partial charge in [-0.1, -0.05) is 6.92 Å². The molecule has 0 saturated heterocycles. The van der Waals surface area contributed by atoms with E-state index in [2.05, 4.69) is 24.2 Å². The Balaban J connectivity index is 3.10. The SMILES string of the molecule is CCc1csc(/C(N)=N\C)c1C. The molecule has 1 aromatic heterocycles. The summed E-state index contributed by atoms with van der Waals surface area (Å²) < 4.78 is 0. The van der Waals surface area contributed by atoms with Crippen LogP contribution in [0.2, 0.25) is 0 Å². The molecule has 1 heterocycles. The molecule has 12 heavy (non-hydrogen) atoms. The van der Waals surface area contributed by atoms with Gasteiger partial charge in [0.25, 0.3) is 0 Å². The molecule has 0 unspecified atom stereocenters. The minimum absolute atomic E-state index is 0.650. The molecule has 0 aliphatic heterocycles. The molecule has 3 heteroatoms. The first-order valence-corrected chi connectivity index (χ1v) is 4.88. The van der Waals surface area contributed by atoms with Crippen molar-refractivity contribution in [1.82, 2.24) is 0 Å². The van der Waals surface area contributed by atoms with Crippen LogP contribution >= 0.6 is 11.3 Å². The molecule has 2 nitrogen and oxygen atoms in total. The van der Waals surface area contributed by atoms with Gasteiger partial charge in [-0.05, 0) is 29.9 Å². The monoisotopic (exact) mass is 182 g/mol. The summed E-state index contributed by atoms with van der Waals surface area (Å²) in [6.07, 6.45) is 1.07. The van der Waals surface area contributed by atoms with Crippen LogP contribution in [0.25, 0.3) is 0 Å². The van der Waals surface area contributed by atoms with Gasteiger partial charge in [-0.15, -0.1) is 11.3 Å². The van der Waals surface area contributed by atoms with E-state index in [1.165, 1.54) is 11.1 Å². The second kappa shape index (κ2) is 3.72. The summed E-state index contributed by atoms with van der Waals surface area (Å²) in [6.45, 7) is 4.25. The largest absolute Gasteiger partial charge is 0.383 e. The van der Waals surface area contributed by atoms with Crippen LogP contribution in [0, 0.1) is 6.92 Å². The highest BCUT2D eigenvalue weighted by molar-refractivity contribution is 7.12. The van der Waals surface area contributed by atoms with E-state index in [1.807, 2.05) is 0 Å². The number of amidine groups is 1. The van der Waals surface area contributed by atoms with Gasteiger partial charge >= 0.3 is 0 Å². The highest BCUT2D eigenvalue weighted by Crippen LogP contribution is 2.21. The van der Waals surface area contributed by atoms with Crippen molar-refractivity contribution < 1.29 is 0 Å². The molecule has 66 valence electrons. The quantitative estimate of drug-likeness (QED) is 0.551. The molecule has 0 aromatic carbocycles. The van der Waals surface area contributed by atoms with E-state index in [9.17, 15) is 0 Å². The van der Waals surface area contributed by atoms with E-state index >= 15 is 0 Å². The topological polar surface area (TPSA) is 38.4 Å². The Bertz CT molecular complexity index is 299. The Hall–Kier alpha value is -0.830. The lowest BCUT2D eigenvalue weighted by molar-refractivity contribution is 1.13. The van der Waals surface area contributed by atoms with Gasteiger partial charge in [0.2, 0.25) is 0 Å². The van der Waals surface area contributed by atoms with E-state index in [0.717, 1.165) is 11.3 Å². The summed E-state index contributed by atoms with van der Waals surface area (Å²) in [6, 6.07) is 0. The molecule has 2 N–H and O–H groups in total. The van der Waals surface area contributed by atoms with Crippen LogP contribution in [-0.4, -0.2) is 12.9 Å². The van der Waals surface area contributed by atoms with Gasteiger partial charge in [0.05, 0.1) is 4.88 Å². The van der Waals surface area contributed by atoms with E-state index in [4.69, 9.17) is 5.73 Å². The van der Waals surface area contributed by atoms with Crippen LogP contribution in [0.15, 0.2) is 10.4 Å². The van der Waals surface area contributed by atoms with Crippen LogP contribution in [0.4, 0.5) is 0 Å². The molecule has 0 saturated carbocycles. The number of nitrogens with zero attached hydrogens (tertiary/aromatic N) is 1. The lowest BCUT2D eigenvalue weighted by Crippen LogP contribution is -2.12. The molecule has 0 radical (unpaired) electrons. The van der Waals surface area contributed by atoms with Crippen molar-refractivity contribution in [3.63, 3.8) is 0 Å². The zero-order valence-corrected chi connectivity index (χ0v) is 8.53. The van der Waals surface area contributed by atoms with Gasteiger partial charge < -0.3 is 5.73 Å². The highest BCUT2D eigenvalue weighted by Gasteiger charge is 2.07. The standard InChI is InChI=1S/C9H14N2S/c1-4-7-5-12-8(6(7)2)9(10)11-3/h5H,4H2,1-3H3,(H2,10,11). The summed E-state index contributed by atoms with van der Waals surface area (Å²) in [5, 5.41) is 2.16. The first-order chi connectivity index (χ1) is 5.70. The van der Waals surface area contributed by atoms with Crippen LogP contribution in [0.5, 0.6) is 0 Å².